The quantitative estimate of drug-likeness (QED) is 0.847. The maximum absolute atomic E-state index is 12.6. The van der Waals surface area contributed by atoms with Crippen LogP contribution in [0.2, 0.25) is 0 Å². The predicted octanol–water partition coefficient (Wildman–Crippen LogP) is 3.56. The fourth-order valence-corrected chi connectivity index (χ4v) is 1.97. The summed E-state index contributed by atoms with van der Waals surface area (Å²) in [4.78, 5) is 14.2. The summed E-state index contributed by atoms with van der Waals surface area (Å²) in [7, 11) is 0. The summed E-state index contributed by atoms with van der Waals surface area (Å²) < 4.78 is 0. The van der Waals surface area contributed by atoms with Gasteiger partial charge in [-0.05, 0) is 31.2 Å². The summed E-state index contributed by atoms with van der Waals surface area (Å²) in [5.41, 5.74) is 2.57. The molecule has 0 saturated heterocycles. The van der Waals surface area contributed by atoms with Crippen LogP contribution in [0.5, 0.6) is 0 Å². The van der Waals surface area contributed by atoms with Gasteiger partial charge >= 0.3 is 0 Å². The van der Waals surface area contributed by atoms with Gasteiger partial charge in [-0.25, -0.2) is 0 Å². The van der Waals surface area contributed by atoms with Crippen molar-refractivity contribution in [2.45, 2.75) is 13.3 Å². The topological polar surface area (TPSA) is 44.1 Å². The number of para-hydroxylation sites is 1. The molecule has 20 heavy (non-hydrogen) atoms. The van der Waals surface area contributed by atoms with Crippen molar-refractivity contribution in [3.05, 3.63) is 65.7 Å². The van der Waals surface area contributed by atoms with Crippen LogP contribution in [0.3, 0.4) is 0 Å². The normalized spacial score (nSPS) is 9.80. The third-order valence-electron chi connectivity index (χ3n) is 3.06. The summed E-state index contributed by atoms with van der Waals surface area (Å²) >= 11 is 0. The highest BCUT2D eigenvalue weighted by Gasteiger charge is 2.16. The van der Waals surface area contributed by atoms with E-state index in [4.69, 9.17) is 5.26 Å². The van der Waals surface area contributed by atoms with E-state index in [0.29, 0.717) is 18.5 Å². The molecule has 0 radical (unpaired) electrons. The Hall–Kier alpha value is -2.60. The molecule has 0 aliphatic rings. The van der Waals surface area contributed by atoms with Crippen molar-refractivity contribution in [3.63, 3.8) is 0 Å². The Labute approximate surface area is 119 Å². The number of carbonyl (C=O) groups is 1. The van der Waals surface area contributed by atoms with Crippen molar-refractivity contribution < 1.29 is 4.79 Å². The summed E-state index contributed by atoms with van der Waals surface area (Å²) in [6.45, 7) is 2.38. The van der Waals surface area contributed by atoms with Gasteiger partial charge in [0, 0.05) is 17.8 Å². The Bertz CT molecular complexity index is 612. The standard InChI is InChI=1S/C17H16N2O/c1-14-8-10-15(11-9-14)17(20)19(13-5-12-18)16-6-3-2-4-7-16/h2-4,6-11H,5,13H2,1H3. The fourth-order valence-electron chi connectivity index (χ4n) is 1.97. The minimum atomic E-state index is -0.0774. The van der Waals surface area contributed by atoms with E-state index in [9.17, 15) is 4.79 Å². The number of benzene rings is 2. The number of anilines is 1. The second-order valence-electron chi connectivity index (χ2n) is 4.57. The summed E-state index contributed by atoms with van der Waals surface area (Å²) in [6.07, 6.45) is 0.312. The highest BCUT2D eigenvalue weighted by atomic mass is 16.2. The molecule has 0 atom stereocenters. The smallest absolute Gasteiger partial charge is 0.258 e. The van der Waals surface area contributed by atoms with Crippen molar-refractivity contribution in [1.29, 1.82) is 5.26 Å². The van der Waals surface area contributed by atoms with Gasteiger partial charge < -0.3 is 4.90 Å². The number of nitrogens with zero attached hydrogens (tertiary/aromatic N) is 2. The van der Waals surface area contributed by atoms with Gasteiger partial charge in [0.05, 0.1) is 12.5 Å². The van der Waals surface area contributed by atoms with E-state index in [-0.39, 0.29) is 5.91 Å². The molecule has 0 saturated carbocycles. The molecule has 0 aliphatic heterocycles. The Morgan fingerprint density at radius 2 is 1.75 bits per heavy atom. The number of hydrogen-bond acceptors (Lipinski definition) is 2. The lowest BCUT2D eigenvalue weighted by molar-refractivity contribution is 0.0987. The van der Waals surface area contributed by atoms with Crippen molar-refractivity contribution in [2.24, 2.45) is 0 Å². The van der Waals surface area contributed by atoms with Crippen LogP contribution in [-0.4, -0.2) is 12.5 Å². The molecule has 2 rings (SSSR count). The van der Waals surface area contributed by atoms with E-state index in [1.54, 1.807) is 4.90 Å². The van der Waals surface area contributed by atoms with Crippen molar-refractivity contribution >= 4 is 11.6 Å². The largest absolute Gasteiger partial charge is 0.307 e. The predicted molar refractivity (Wildman–Crippen MR) is 79.5 cm³/mol. The molecule has 0 bridgehead atoms. The van der Waals surface area contributed by atoms with Crippen LogP contribution in [-0.2, 0) is 0 Å². The van der Waals surface area contributed by atoms with Crippen LogP contribution in [0, 0.1) is 18.3 Å². The first-order valence-corrected chi connectivity index (χ1v) is 6.53. The zero-order valence-corrected chi connectivity index (χ0v) is 11.4. The first-order valence-electron chi connectivity index (χ1n) is 6.53. The molecule has 0 spiro atoms. The third kappa shape index (κ3) is 3.24. The molecule has 3 heteroatoms. The molecule has 0 N–H and O–H groups in total. The van der Waals surface area contributed by atoms with Crippen LogP contribution in [0.1, 0.15) is 22.3 Å². The average molecular weight is 264 g/mol. The lowest BCUT2D eigenvalue weighted by atomic mass is 10.1. The summed E-state index contributed by atoms with van der Waals surface area (Å²) in [5.74, 6) is -0.0774. The zero-order valence-electron chi connectivity index (χ0n) is 11.4. The molecule has 0 fully saturated rings. The Kier molecular flexibility index (Phi) is 4.52. The lowest BCUT2D eigenvalue weighted by Crippen LogP contribution is -2.31. The Morgan fingerprint density at radius 1 is 1.10 bits per heavy atom. The number of carbonyl (C=O) groups excluding carboxylic acids is 1. The van der Waals surface area contributed by atoms with Gasteiger partial charge in [0.1, 0.15) is 0 Å². The lowest BCUT2D eigenvalue weighted by Gasteiger charge is -2.21. The van der Waals surface area contributed by atoms with E-state index in [0.717, 1.165) is 11.3 Å². The van der Waals surface area contributed by atoms with E-state index >= 15 is 0 Å². The van der Waals surface area contributed by atoms with E-state index in [1.807, 2.05) is 61.5 Å². The number of rotatable bonds is 4. The average Bonchev–Trinajstić information content (AvgIpc) is 2.49. The van der Waals surface area contributed by atoms with E-state index < -0.39 is 0 Å². The molecule has 100 valence electrons. The van der Waals surface area contributed by atoms with Crippen LogP contribution in [0.4, 0.5) is 5.69 Å². The molecule has 2 aromatic carbocycles. The van der Waals surface area contributed by atoms with Gasteiger partial charge in [-0.1, -0.05) is 35.9 Å². The molecule has 3 nitrogen and oxygen atoms in total. The van der Waals surface area contributed by atoms with Gasteiger partial charge in [0.15, 0.2) is 0 Å². The number of aryl methyl sites for hydroxylation is 1. The Balaban J connectivity index is 2.29. The van der Waals surface area contributed by atoms with Crippen LogP contribution in [0.25, 0.3) is 0 Å². The molecule has 1 amide bonds. The molecular weight excluding hydrogens is 248 g/mol. The zero-order chi connectivity index (χ0) is 14.4. The Morgan fingerprint density at radius 3 is 2.35 bits per heavy atom. The second-order valence-corrected chi connectivity index (χ2v) is 4.57. The minimum absolute atomic E-state index is 0.0774. The van der Waals surface area contributed by atoms with Crippen LogP contribution in [0.15, 0.2) is 54.6 Å². The van der Waals surface area contributed by atoms with E-state index in [1.165, 1.54) is 0 Å². The molecule has 0 unspecified atom stereocenters. The van der Waals surface area contributed by atoms with E-state index in [2.05, 4.69) is 6.07 Å². The van der Waals surface area contributed by atoms with Crippen LogP contribution < -0.4 is 4.90 Å². The second kappa shape index (κ2) is 6.53. The molecule has 2 aromatic rings. The van der Waals surface area contributed by atoms with Crippen molar-refractivity contribution in [1.82, 2.24) is 0 Å². The molecule has 0 heterocycles. The van der Waals surface area contributed by atoms with Crippen molar-refractivity contribution in [2.75, 3.05) is 11.4 Å². The maximum atomic E-state index is 12.6. The molecule has 0 aliphatic carbocycles. The SMILES string of the molecule is Cc1ccc(C(=O)N(CCC#N)c2ccccc2)cc1. The van der Waals surface area contributed by atoms with Gasteiger partial charge in [-0.2, -0.15) is 5.26 Å². The highest BCUT2D eigenvalue weighted by Crippen LogP contribution is 2.17. The molecular formula is C17H16N2O. The van der Waals surface area contributed by atoms with Gasteiger partial charge in [0.2, 0.25) is 0 Å². The first-order chi connectivity index (χ1) is 9.72. The molecule has 0 aromatic heterocycles. The van der Waals surface area contributed by atoms with Crippen LogP contribution >= 0.6 is 0 Å². The third-order valence-corrected chi connectivity index (χ3v) is 3.06. The van der Waals surface area contributed by atoms with Crippen molar-refractivity contribution in [3.8, 4) is 6.07 Å². The minimum Gasteiger partial charge on any atom is -0.307 e. The van der Waals surface area contributed by atoms with Gasteiger partial charge in [-0.3, -0.25) is 4.79 Å². The number of hydrogen-bond donors (Lipinski definition) is 0. The fraction of sp³-hybridized carbons (Fsp3) is 0.176. The highest BCUT2D eigenvalue weighted by molar-refractivity contribution is 6.06. The maximum Gasteiger partial charge on any atom is 0.258 e. The summed E-state index contributed by atoms with van der Waals surface area (Å²) in [5, 5.41) is 8.76. The number of nitriles is 1. The summed E-state index contributed by atoms with van der Waals surface area (Å²) in [6, 6.07) is 19.0. The van der Waals surface area contributed by atoms with Gasteiger partial charge in [-0.15, -0.1) is 0 Å². The monoisotopic (exact) mass is 264 g/mol. The number of amides is 1. The van der Waals surface area contributed by atoms with Gasteiger partial charge in [0.25, 0.3) is 5.91 Å². The first kappa shape index (κ1) is 13.8.